The second-order valence-corrected chi connectivity index (χ2v) is 6.02. The molecule has 0 atom stereocenters. The third-order valence-corrected chi connectivity index (χ3v) is 4.00. The molecule has 0 heterocycles. The maximum Gasteiger partial charge on any atom is 0.262 e. The predicted octanol–water partition coefficient (Wildman–Crippen LogP) is 4.71. The fourth-order valence-electron chi connectivity index (χ4n) is 1.93. The van der Waals surface area contributed by atoms with Crippen molar-refractivity contribution in [3.8, 4) is 5.75 Å². The number of hydrogen-bond acceptors (Lipinski definition) is 3. The molecule has 0 bridgehead atoms. The summed E-state index contributed by atoms with van der Waals surface area (Å²) in [5.41, 5.74) is 1.04. The van der Waals surface area contributed by atoms with Gasteiger partial charge in [-0.15, -0.1) is 0 Å². The zero-order chi connectivity index (χ0) is 16.8. The first-order chi connectivity index (χ1) is 11.0. The number of hydrogen-bond donors (Lipinski definition) is 1. The van der Waals surface area contributed by atoms with Crippen molar-refractivity contribution < 1.29 is 14.3 Å². The highest BCUT2D eigenvalue weighted by Gasteiger charge is 2.13. The van der Waals surface area contributed by atoms with E-state index < -0.39 is 0 Å². The van der Waals surface area contributed by atoms with Crippen LogP contribution in [0.5, 0.6) is 5.75 Å². The molecule has 0 saturated carbocycles. The van der Waals surface area contributed by atoms with Crippen LogP contribution in [-0.4, -0.2) is 18.3 Å². The van der Waals surface area contributed by atoms with Crippen LogP contribution in [0.15, 0.2) is 46.9 Å². The van der Waals surface area contributed by atoms with E-state index in [-0.39, 0.29) is 18.3 Å². The first kappa shape index (κ1) is 17.5. The lowest BCUT2D eigenvalue weighted by molar-refractivity contribution is -0.118. The van der Waals surface area contributed by atoms with Gasteiger partial charge in [0.05, 0.1) is 11.3 Å². The number of ether oxygens (including phenoxy) is 1. The van der Waals surface area contributed by atoms with E-state index in [1.165, 1.54) is 0 Å². The van der Waals surface area contributed by atoms with Gasteiger partial charge in [-0.3, -0.25) is 9.59 Å². The molecular weight excluding hydrogens is 382 g/mol. The lowest BCUT2D eigenvalue weighted by Crippen LogP contribution is -2.21. The molecule has 0 unspecified atom stereocenters. The van der Waals surface area contributed by atoms with E-state index in [1.54, 1.807) is 31.2 Å². The average molecular weight is 397 g/mol. The molecule has 0 fully saturated rings. The maximum atomic E-state index is 12.0. The van der Waals surface area contributed by atoms with Crippen LogP contribution in [0.3, 0.4) is 0 Å². The molecule has 1 amide bonds. The van der Waals surface area contributed by atoms with Gasteiger partial charge in [-0.05, 0) is 46.3 Å². The Hall–Kier alpha value is -1.85. The number of anilines is 1. The molecule has 6 heteroatoms. The summed E-state index contributed by atoms with van der Waals surface area (Å²) in [4.78, 5) is 23.9. The number of carbonyl (C=O) groups is 2. The standard InChI is InChI=1S/C17H15BrClNO3/c1-2-15(21)12-9-11(19)7-8-16(12)23-10-17(22)20-14-6-4-3-5-13(14)18/h3-9H,2,10H2,1H3,(H,20,22). The van der Waals surface area contributed by atoms with E-state index in [4.69, 9.17) is 16.3 Å². The summed E-state index contributed by atoms with van der Waals surface area (Å²) in [6.07, 6.45) is 0.333. The molecule has 0 radical (unpaired) electrons. The number of carbonyl (C=O) groups excluding carboxylic acids is 2. The molecule has 1 N–H and O–H groups in total. The number of halogens is 2. The van der Waals surface area contributed by atoms with Gasteiger partial charge in [0.25, 0.3) is 5.91 Å². The SMILES string of the molecule is CCC(=O)c1cc(Cl)ccc1OCC(=O)Nc1ccccc1Br. The van der Waals surface area contributed by atoms with E-state index in [1.807, 2.05) is 18.2 Å². The summed E-state index contributed by atoms with van der Waals surface area (Å²) in [5.74, 6) is -0.0565. The number of nitrogens with one attached hydrogen (secondary N) is 1. The highest BCUT2D eigenvalue weighted by Crippen LogP contribution is 2.25. The molecule has 0 aliphatic carbocycles. The Labute approximate surface area is 147 Å². The average Bonchev–Trinajstić information content (AvgIpc) is 2.55. The normalized spacial score (nSPS) is 10.2. The smallest absolute Gasteiger partial charge is 0.262 e. The predicted molar refractivity (Wildman–Crippen MR) is 94.3 cm³/mol. The largest absolute Gasteiger partial charge is 0.483 e. The zero-order valence-corrected chi connectivity index (χ0v) is 14.8. The Kier molecular flexibility index (Phi) is 6.19. The van der Waals surface area contributed by atoms with E-state index in [9.17, 15) is 9.59 Å². The van der Waals surface area contributed by atoms with Crippen LogP contribution < -0.4 is 10.1 Å². The van der Waals surface area contributed by atoms with Gasteiger partial charge in [0.1, 0.15) is 5.75 Å². The van der Waals surface area contributed by atoms with Crippen molar-refractivity contribution in [2.24, 2.45) is 0 Å². The van der Waals surface area contributed by atoms with Crippen molar-refractivity contribution in [3.05, 3.63) is 57.5 Å². The molecule has 0 saturated heterocycles. The van der Waals surface area contributed by atoms with Crippen LogP contribution in [0, 0.1) is 0 Å². The minimum atomic E-state index is -0.318. The number of para-hydroxylation sites is 1. The third kappa shape index (κ3) is 4.81. The molecule has 2 aromatic carbocycles. The number of benzene rings is 2. The molecule has 4 nitrogen and oxygen atoms in total. The number of rotatable bonds is 6. The minimum absolute atomic E-state index is 0.0892. The Bertz CT molecular complexity index is 734. The Balaban J connectivity index is 2.05. The maximum absolute atomic E-state index is 12.0. The third-order valence-electron chi connectivity index (χ3n) is 3.07. The first-order valence-electron chi connectivity index (χ1n) is 7.01. The summed E-state index contributed by atoms with van der Waals surface area (Å²) in [7, 11) is 0. The molecule has 120 valence electrons. The minimum Gasteiger partial charge on any atom is -0.483 e. The van der Waals surface area contributed by atoms with E-state index in [2.05, 4.69) is 21.2 Å². The molecule has 0 aliphatic heterocycles. The van der Waals surface area contributed by atoms with Crippen molar-refractivity contribution in [1.29, 1.82) is 0 Å². The zero-order valence-electron chi connectivity index (χ0n) is 12.4. The highest BCUT2D eigenvalue weighted by atomic mass is 79.9. The van der Waals surface area contributed by atoms with Gasteiger partial charge in [-0.1, -0.05) is 30.7 Å². The lowest BCUT2D eigenvalue weighted by atomic mass is 10.1. The molecule has 2 aromatic rings. The van der Waals surface area contributed by atoms with E-state index in [0.29, 0.717) is 28.4 Å². The molecule has 0 aliphatic rings. The Morgan fingerprint density at radius 3 is 2.65 bits per heavy atom. The summed E-state index contributed by atoms with van der Waals surface area (Å²) in [5, 5.41) is 3.18. The van der Waals surface area contributed by atoms with Gasteiger partial charge < -0.3 is 10.1 Å². The second kappa shape index (κ2) is 8.13. The van der Waals surface area contributed by atoms with E-state index >= 15 is 0 Å². The fraction of sp³-hybridized carbons (Fsp3) is 0.176. The number of ketones is 1. The number of amides is 1. The Morgan fingerprint density at radius 2 is 1.96 bits per heavy atom. The monoisotopic (exact) mass is 395 g/mol. The number of Topliss-reactive ketones (excluding diaryl/α,β-unsaturated/α-hetero) is 1. The molecule has 2 rings (SSSR count). The molecule has 0 spiro atoms. The lowest BCUT2D eigenvalue weighted by Gasteiger charge is -2.11. The van der Waals surface area contributed by atoms with Crippen LogP contribution >= 0.6 is 27.5 Å². The Morgan fingerprint density at radius 1 is 1.22 bits per heavy atom. The highest BCUT2D eigenvalue weighted by molar-refractivity contribution is 9.10. The van der Waals surface area contributed by atoms with Gasteiger partial charge in [0, 0.05) is 15.9 Å². The quantitative estimate of drug-likeness (QED) is 0.719. The topological polar surface area (TPSA) is 55.4 Å². The van der Waals surface area contributed by atoms with Crippen molar-refractivity contribution >= 4 is 44.9 Å². The van der Waals surface area contributed by atoms with Crippen LogP contribution in [0.25, 0.3) is 0 Å². The fourth-order valence-corrected chi connectivity index (χ4v) is 2.48. The van der Waals surface area contributed by atoms with Crippen molar-refractivity contribution in [2.75, 3.05) is 11.9 Å². The van der Waals surface area contributed by atoms with Gasteiger partial charge in [0.2, 0.25) is 0 Å². The molecular formula is C17H15BrClNO3. The molecule has 0 aromatic heterocycles. The summed E-state index contributed by atoms with van der Waals surface area (Å²) in [6.45, 7) is 1.56. The second-order valence-electron chi connectivity index (χ2n) is 4.73. The van der Waals surface area contributed by atoms with Crippen LogP contribution in [-0.2, 0) is 4.79 Å². The summed E-state index contributed by atoms with van der Waals surface area (Å²) in [6, 6.07) is 12.0. The van der Waals surface area contributed by atoms with Gasteiger partial charge in [-0.2, -0.15) is 0 Å². The van der Waals surface area contributed by atoms with Crippen molar-refractivity contribution in [1.82, 2.24) is 0 Å². The summed E-state index contributed by atoms with van der Waals surface area (Å²) < 4.78 is 6.26. The first-order valence-corrected chi connectivity index (χ1v) is 8.18. The van der Waals surface area contributed by atoms with E-state index in [0.717, 1.165) is 4.47 Å². The van der Waals surface area contributed by atoms with Crippen molar-refractivity contribution in [3.63, 3.8) is 0 Å². The van der Waals surface area contributed by atoms with Crippen LogP contribution in [0.4, 0.5) is 5.69 Å². The molecule has 23 heavy (non-hydrogen) atoms. The van der Waals surface area contributed by atoms with Crippen LogP contribution in [0.1, 0.15) is 23.7 Å². The van der Waals surface area contributed by atoms with Gasteiger partial charge in [-0.25, -0.2) is 0 Å². The summed E-state index contributed by atoms with van der Waals surface area (Å²) >= 11 is 9.27. The van der Waals surface area contributed by atoms with Crippen LogP contribution in [0.2, 0.25) is 5.02 Å². The van der Waals surface area contributed by atoms with Gasteiger partial charge >= 0.3 is 0 Å². The van der Waals surface area contributed by atoms with Crippen molar-refractivity contribution in [2.45, 2.75) is 13.3 Å². The van der Waals surface area contributed by atoms with Gasteiger partial charge in [0.15, 0.2) is 12.4 Å².